The Bertz CT molecular complexity index is 826. The Morgan fingerprint density at radius 1 is 1.19 bits per heavy atom. The number of ether oxygens (including phenoxy) is 1. The molecule has 1 aromatic carbocycles. The molecule has 8 nitrogen and oxygen atoms in total. The molecule has 0 bridgehead atoms. The van der Waals surface area contributed by atoms with Crippen LogP contribution in [0.2, 0.25) is 0 Å². The predicted octanol–water partition coefficient (Wildman–Crippen LogP) is 1.30. The van der Waals surface area contributed by atoms with E-state index in [9.17, 15) is 14.4 Å². The standard InChI is InChI=1S/C19H24N4O4/c20-19(26)22-16(10-13-11-21-15-7-3-2-6-14(13)15)18(25)27-12-17(24)23-8-4-1-5-9-23/h2-3,6-7,11,16,21H,1,4-5,8-10,12H2,(H3,20,22,26)/t16-/m1/s1. The number of benzene rings is 1. The molecule has 3 amide bonds. The second kappa shape index (κ2) is 8.57. The number of para-hydroxylation sites is 1. The van der Waals surface area contributed by atoms with Gasteiger partial charge in [-0.2, -0.15) is 0 Å². The number of carbonyl (C=O) groups excluding carboxylic acids is 3. The highest BCUT2D eigenvalue weighted by Crippen LogP contribution is 2.19. The van der Waals surface area contributed by atoms with Gasteiger partial charge >= 0.3 is 12.0 Å². The average Bonchev–Trinajstić information content (AvgIpc) is 3.08. The van der Waals surface area contributed by atoms with Crippen molar-refractivity contribution in [2.75, 3.05) is 19.7 Å². The third kappa shape index (κ3) is 4.78. The van der Waals surface area contributed by atoms with Crippen LogP contribution in [0, 0.1) is 0 Å². The molecule has 1 aliphatic rings. The molecule has 0 unspecified atom stereocenters. The molecule has 8 heteroatoms. The van der Waals surface area contributed by atoms with E-state index in [1.165, 1.54) is 0 Å². The first-order valence-corrected chi connectivity index (χ1v) is 9.10. The van der Waals surface area contributed by atoms with Gasteiger partial charge in [0.2, 0.25) is 0 Å². The normalized spacial score (nSPS) is 15.3. The van der Waals surface area contributed by atoms with Crippen molar-refractivity contribution in [2.24, 2.45) is 5.73 Å². The molecule has 1 saturated heterocycles. The van der Waals surface area contributed by atoms with Gasteiger partial charge in [-0.25, -0.2) is 9.59 Å². The Hall–Kier alpha value is -3.03. The lowest BCUT2D eigenvalue weighted by Crippen LogP contribution is -2.47. The minimum Gasteiger partial charge on any atom is -0.454 e. The van der Waals surface area contributed by atoms with Gasteiger partial charge in [-0.05, 0) is 30.9 Å². The summed E-state index contributed by atoms with van der Waals surface area (Å²) in [4.78, 5) is 40.8. The van der Waals surface area contributed by atoms with Crippen LogP contribution in [-0.4, -0.2) is 53.5 Å². The van der Waals surface area contributed by atoms with Gasteiger partial charge in [0, 0.05) is 36.6 Å². The number of hydrogen-bond acceptors (Lipinski definition) is 4. The SMILES string of the molecule is NC(=O)N[C@H](Cc1c[nH]c2ccccc12)C(=O)OCC(=O)N1CCCCC1. The molecule has 0 saturated carbocycles. The first-order valence-electron chi connectivity index (χ1n) is 9.10. The Balaban J connectivity index is 1.63. The first-order chi connectivity index (χ1) is 13.0. The Labute approximate surface area is 157 Å². The van der Waals surface area contributed by atoms with E-state index in [4.69, 9.17) is 10.5 Å². The molecule has 0 radical (unpaired) electrons. The van der Waals surface area contributed by atoms with E-state index in [0.29, 0.717) is 13.1 Å². The average molecular weight is 372 g/mol. The number of hydrogen-bond donors (Lipinski definition) is 3. The van der Waals surface area contributed by atoms with Gasteiger partial charge in [-0.3, -0.25) is 4.79 Å². The number of rotatable bonds is 6. The monoisotopic (exact) mass is 372 g/mol. The summed E-state index contributed by atoms with van der Waals surface area (Å²) in [6.07, 6.45) is 5.03. The van der Waals surface area contributed by atoms with E-state index >= 15 is 0 Å². The van der Waals surface area contributed by atoms with Gasteiger partial charge in [0.1, 0.15) is 6.04 Å². The Morgan fingerprint density at radius 2 is 1.93 bits per heavy atom. The highest BCUT2D eigenvalue weighted by molar-refractivity contribution is 5.88. The molecule has 1 atom stereocenters. The maximum atomic E-state index is 12.5. The largest absolute Gasteiger partial charge is 0.454 e. The van der Waals surface area contributed by atoms with Crippen molar-refractivity contribution in [1.82, 2.24) is 15.2 Å². The summed E-state index contributed by atoms with van der Waals surface area (Å²) >= 11 is 0. The number of aromatic nitrogens is 1. The fourth-order valence-electron chi connectivity index (χ4n) is 3.35. The molecule has 2 heterocycles. The van der Waals surface area contributed by atoms with Crippen molar-refractivity contribution in [3.8, 4) is 0 Å². The summed E-state index contributed by atoms with van der Waals surface area (Å²) in [6, 6.07) is 5.86. The topological polar surface area (TPSA) is 118 Å². The number of piperidine rings is 1. The Morgan fingerprint density at radius 3 is 2.67 bits per heavy atom. The molecule has 3 rings (SSSR count). The number of likely N-dealkylation sites (tertiary alicyclic amines) is 1. The summed E-state index contributed by atoms with van der Waals surface area (Å²) in [6.45, 7) is 1.05. The second-order valence-corrected chi connectivity index (χ2v) is 6.67. The number of fused-ring (bicyclic) bond motifs is 1. The van der Waals surface area contributed by atoms with E-state index in [1.54, 1.807) is 11.1 Å². The number of esters is 1. The van der Waals surface area contributed by atoms with Gasteiger partial charge in [0.05, 0.1) is 0 Å². The molecule has 1 aliphatic heterocycles. The van der Waals surface area contributed by atoms with Crippen molar-refractivity contribution in [1.29, 1.82) is 0 Å². The maximum Gasteiger partial charge on any atom is 0.329 e. The van der Waals surface area contributed by atoms with Crippen molar-refractivity contribution in [2.45, 2.75) is 31.7 Å². The highest BCUT2D eigenvalue weighted by atomic mass is 16.5. The maximum absolute atomic E-state index is 12.5. The fourth-order valence-corrected chi connectivity index (χ4v) is 3.35. The second-order valence-electron chi connectivity index (χ2n) is 6.67. The van der Waals surface area contributed by atoms with Crippen LogP contribution in [0.3, 0.4) is 0 Å². The summed E-state index contributed by atoms with van der Waals surface area (Å²) in [7, 11) is 0. The number of nitrogens with one attached hydrogen (secondary N) is 2. The minimum atomic E-state index is -0.962. The first kappa shape index (κ1) is 18.8. The van der Waals surface area contributed by atoms with Crippen LogP contribution in [0.1, 0.15) is 24.8 Å². The molecule has 4 N–H and O–H groups in total. The quantitative estimate of drug-likeness (QED) is 0.663. The zero-order valence-corrected chi connectivity index (χ0v) is 15.1. The number of nitrogens with zero attached hydrogens (tertiary/aromatic N) is 1. The lowest BCUT2D eigenvalue weighted by Gasteiger charge is -2.26. The van der Waals surface area contributed by atoms with E-state index in [2.05, 4.69) is 10.3 Å². The number of carbonyl (C=O) groups is 3. The Kier molecular flexibility index (Phi) is 5.95. The van der Waals surface area contributed by atoms with Crippen molar-refractivity contribution >= 4 is 28.8 Å². The molecule has 2 aromatic rings. The van der Waals surface area contributed by atoms with Gasteiger partial charge < -0.3 is 25.7 Å². The number of aromatic amines is 1. The van der Waals surface area contributed by atoms with Gasteiger partial charge in [-0.15, -0.1) is 0 Å². The highest BCUT2D eigenvalue weighted by Gasteiger charge is 2.25. The van der Waals surface area contributed by atoms with E-state index < -0.39 is 18.0 Å². The zero-order valence-electron chi connectivity index (χ0n) is 15.1. The smallest absolute Gasteiger partial charge is 0.329 e. The fraction of sp³-hybridized carbons (Fsp3) is 0.421. The molecule has 1 aromatic heterocycles. The minimum absolute atomic E-state index is 0.212. The van der Waals surface area contributed by atoms with E-state index in [1.807, 2.05) is 24.3 Å². The van der Waals surface area contributed by atoms with Crippen molar-refractivity contribution in [3.63, 3.8) is 0 Å². The summed E-state index contributed by atoms with van der Waals surface area (Å²) in [5.74, 6) is -0.891. The summed E-state index contributed by atoms with van der Waals surface area (Å²) < 4.78 is 5.17. The number of H-pyrrole nitrogens is 1. The molecule has 0 aliphatic carbocycles. The molecule has 27 heavy (non-hydrogen) atoms. The predicted molar refractivity (Wildman–Crippen MR) is 99.9 cm³/mol. The summed E-state index contributed by atoms with van der Waals surface area (Å²) in [5.41, 5.74) is 6.99. The van der Waals surface area contributed by atoms with E-state index in [0.717, 1.165) is 35.7 Å². The molecule has 1 fully saturated rings. The third-order valence-electron chi connectivity index (χ3n) is 4.75. The molecular formula is C19H24N4O4. The van der Waals surface area contributed by atoms with Gasteiger partial charge in [0.25, 0.3) is 5.91 Å². The van der Waals surface area contributed by atoms with Crippen LogP contribution >= 0.6 is 0 Å². The number of nitrogens with two attached hydrogens (primary N) is 1. The molecule has 0 spiro atoms. The van der Waals surface area contributed by atoms with Gasteiger partial charge in [0.15, 0.2) is 6.61 Å². The van der Waals surface area contributed by atoms with Crippen molar-refractivity contribution < 1.29 is 19.1 Å². The number of urea groups is 1. The van der Waals surface area contributed by atoms with Crippen LogP contribution in [-0.2, 0) is 20.7 Å². The van der Waals surface area contributed by atoms with Crippen molar-refractivity contribution in [3.05, 3.63) is 36.0 Å². The van der Waals surface area contributed by atoms with Gasteiger partial charge in [-0.1, -0.05) is 18.2 Å². The van der Waals surface area contributed by atoms with Crippen LogP contribution in [0.4, 0.5) is 4.79 Å². The number of amides is 3. The molecule has 144 valence electrons. The van der Waals surface area contributed by atoms with Crippen LogP contribution in [0.25, 0.3) is 10.9 Å². The van der Waals surface area contributed by atoms with E-state index in [-0.39, 0.29) is 18.9 Å². The number of primary amides is 1. The molecular weight excluding hydrogens is 348 g/mol. The van der Waals surface area contributed by atoms with Crippen LogP contribution < -0.4 is 11.1 Å². The third-order valence-corrected chi connectivity index (χ3v) is 4.75. The summed E-state index contributed by atoms with van der Waals surface area (Å²) in [5, 5.41) is 3.36. The van der Waals surface area contributed by atoms with Crippen LogP contribution in [0.5, 0.6) is 0 Å². The lowest BCUT2D eigenvalue weighted by molar-refractivity contribution is -0.153. The van der Waals surface area contributed by atoms with Crippen LogP contribution in [0.15, 0.2) is 30.5 Å². The zero-order chi connectivity index (χ0) is 19.2. The lowest BCUT2D eigenvalue weighted by atomic mass is 10.1.